The maximum atomic E-state index is 13.8. The van der Waals surface area contributed by atoms with Gasteiger partial charge in [-0.25, -0.2) is 9.18 Å². The zero-order valence-corrected chi connectivity index (χ0v) is 19.6. The molecule has 4 rings (SSSR count). The number of likely N-dealkylation sites (N-methyl/N-ethyl adjacent to an activating group) is 1. The summed E-state index contributed by atoms with van der Waals surface area (Å²) in [6, 6.07) is 13.7. The lowest BCUT2D eigenvalue weighted by molar-refractivity contribution is -0.136. The second-order valence-electron chi connectivity index (χ2n) is 9.86. The molecule has 2 aromatic rings. The Kier molecular flexibility index (Phi) is 6.08. The van der Waals surface area contributed by atoms with Gasteiger partial charge in [0.2, 0.25) is 5.91 Å². The van der Waals surface area contributed by atoms with Gasteiger partial charge in [-0.1, -0.05) is 30.3 Å². The number of hydrogen-bond donors (Lipinski definition) is 0. The van der Waals surface area contributed by atoms with Crippen molar-refractivity contribution in [1.29, 1.82) is 0 Å². The molecule has 0 unspecified atom stereocenters. The van der Waals surface area contributed by atoms with Crippen LogP contribution in [-0.2, 0) is 16.1 Å². The quantitative estimate of drug-likeness (QED) is 0.647. The molecule has 2 aromatic carbocycles. The van der Waals surface area contributed by atoms with Crippen LogP contribution < -0.4 is 4.74 Å². The van der Waals surface area contributed by atoms with Crippen LogP contribution in [-0.4, -0.2) is 46.5 Å². The van der Waals surface area contributed by atoms with Crippen LogP contribution in [0.15, 0.2) is 48.5 Å². The Labute approximate surface area is 194 Å². The third kappa shape index (κ3) is 4.54. The average molecular weight is 455 g/mol. The highest BCUT2D eigenvalue weighted by Crippen LogP contribution is 2.48. The van der Waals surface area contributed by atoms with Gasteiger partial charge in [0.25, 0.3) is 0 Å². The number of carbonyl (C=O) groups is 2. The molecule has 2 amide bonds. The van der Waals surface area contributed by atoms with Crippen molar-refractivity contribution in [3.05, 3.63) is 65.5 Å². The summed E-state index contributed by atoms with van der Waals surface area (Å²) in [5.74, 6) is 0.278. The van der Waals surface area contributed by atoms with E-state index in [2.05, 4.69) is 0 Å². The number of ether oxygens (including phenoxy) is 2. The molecule has 2 saturated heterocycles. The Bertz CT molecular complexity index is 1030. The van der Waals surface area contributed by atoms with E-state index in [0.29, 0.717) is 37.1 Å². The highest BCUT2D eigenvalue weighted by Gasteiger charge is 2.58. The molecule has 2 aliphatic heterocycles. The SMILES string of the molecule is CN1CC[C@]2(CC[C@H](c3ccc(OCc4ccccc4F)cc3)N2C(=O)OC(C)(C)C)C1=O. The number of rotatable bonds is 4. The Morgan fingerprint density at radius 2 is 1.82 bits per heavy atom. The van der Waals surface area contributed by atoms with Gasteiger partial charge < -0.3 is 14.4 Å². The van der Waals surface area contributed by atoms with Gasteiger partial charge in [0, 0.05) is 19.2 Å². The lowest BCUT2D eigenvalue weighted by Crippen LogP contribution is -2.54. The molecule has 1 spiro atoms. The molecule has 2 atom stereocenters. The molecule has 0 bridgehead atoms. The molecule has 2 heterocycles. The van der Waals surface area contributed by atoms with E-state index in [0.717, 1.165) is 5.56 Å². The molecule has 7 heteroatoms. The number of benzene rings is 2. The fraction of sp³-hybridized carbons (Fsp3) is 0.462. The van der Waals surface area contributed by atoms with Gasteiger partial charge in [0.05, 0.1) is 6.04 Å². The largest absolute Gasteiger partial charge is 0.489 e. The maximum absolute atomic E-state index is 13.8. The first-order chi connectivity index (χ1) is 15.6. The molecule has 0 N–H and O–H groups in total. The van der Waals surface area contributed by atoms with Crippen LogP contribution in [0.3, 0.4) is 0 Å². The first-order valence-electron chi connectivity index (χ1n) is 11.3. The second kappa shape index (κ2) is 8.69. The minimum Gasteiger partial charge on any atom is -0.489 e. The minimum atomic E-state index is -0.859. The van der Waals surface area contributed by atoms with Gasteiger partial charge in [-0.05, 0) is 63.8 Å². The third-order valence-corrected chi connectivity index (χ3v) is 6.42. The zero-order chi connectivity index (χ0) is 23.8. The number of carbonyl (C=O) groups excluding carboxylic acids is 2. The van der Waals surface area contributed by atoms with Gasteiger partial charge >= 0.3 is 6.09 Å². The second-order valence-corrected chi connectivity index (χ2v) is 9.86. The molecule has 6 nitrogen and oxygen atoms in total. The third-order valence-electron chi connectivity index (χ3n) is 6.42. The summed E-state index contributed by atoms with van der Waals surface area (Å²) in [6.07, 6.45) is 1.41. The van der Waals surface area contributed by atoms with Crippen LogP contribution in [0, 0.1) is 5.82 Å². The van der Waals surface area contributed by atoms with Crippen LogP contribution in [0.25, 0.3) is 0 Å². The highest BCUT2D eigenvalue weighted by molar-refractivity contribution is 5.92. The van der Waals surface area contributed by atoms with Gasteiger partial charge in [-0.3, -0.25) is 9.69 Å². The molecule has 0 aromatic heterocycles. The Hall–Kier alpha value is -3.09. The number of likely N-dealkylation sites (tertiary alicyclic amines) is 2. The molecule has 0 saturated carbocycles. The van der Waals surface area contributed by atoms with Crippen LogP contribution in [0.2, 0.25) is 0 Å². The van der Waals surface area contributed by atoms with Crippen molar-refractivity contribution in [2.75, 3.05) is 13.6 Å². The molecule has 176 valence electrons. The summed E-state index contributed by atoms with van der Waals surface area (Å²) < 4.78 is 25.3. The predicted octanol–water partition coefficient (Wildman–Crippen LogP) is 5.08. The molecular weight excluding hydrogens is 423 g/mol. The van der Waals surface area contributed by atoms with E-state index < -0.39 is 17.2 Å². The zero-order valence-electron chi connectivity index (χ0n) is 19.6. The van der Waals surface area contributed by atoms with Gasteiger partial charge in [-0.2, -0.15) is 0 Å². The fourth-order valence-electron chi connectivity index (χ4n) is 4.79. The van der Waals surface area contributed by atoms with Crippen LogP contribution in [0.1, 0.15) is 57.2 Å². The van der Waals surface area contributed by atoms with E-state index >= 15 is 0 Å². The van der Waals surface area contributed by atoms with Crippen molar-refractivity contribution < 1.29 is 23.5 Å². The van der Waals surface area contributed by atoms with E-state index in [1.807, 2.05) is 45.0 Å². The fourth-order valence-corrected chi connectivity index (χ4v) is 4.79. The summed E-state index contributed by atoms with van der Waals surface area (Å²) in [7, 11) is 1.78. The standard InChI is InChI=1S/C26H31FN2O4/c1-25(2,3)33-24(31)29-22(13-14-26(29)15-16-28(4)23(26)30)18-9-11-20(12-10-18)32-17-19-7-5-6-8-21(19)27/h5-12,22H,13-17H2,1-4H3/t22-,26-/m1/s1. The van der Waals surface area contributed by atoms with E-state index in [9.17, 15) is 14.0 Å². The molecular formula is C26H31FN2O4. The Balaban J connectivity index is 1.55. The number of halogens is 1. The van der Waals surface area contributed by atoms with Crippen molar-refractivity contribution in [3.63, 3.8) is 0 Å². The molecule has 33 heavy (non-hydrogen) atoms. The monoisotopic (exact) mass is 454 g/mol. The van der Waals surface area contributed by atoms with Gasteiger partial charge in [0.1, 0.15) is 29.3 Å². The Morgan fingerprint density at radius 3 is 2.42 bits per heavy atom. The molecule has 0 aliphatic carbocycles. The predicted molar refractivity (Wildman–Crippen MR) is 122 cm³/mol. The normalized spacial score (nSPS) is 22.8. The first kappa shape index (κ1) is 23.1. The van der Waals surface area contributed by atoms with Crippen molar-refractivity contribution >= 4 is 12.0 Å². The number of nitrogens with zero attached hydrogens (tertiary/aromatic N) is 2. The topological polar surface area (TPSA) is 59.1 Å². The van der Waals surface area contributed by atoms with Crippen molar-refractivity contribution in [2.45, 2.75) is 63.8 Å². The lowest BCUT2D eigenvalue weighted by Gasteiger charge is -2.38. The summed E-state index contributed by atoms with van der Waals surface area (Å²) in [5.41, 5.74) is -0.122. The summed E-state index contributed by atoms with van der Waals surface area (Å²) in [5, 5.41) is 0. The summed E-state index contributed by atoms with van der Waals surface area (Å²) in [4.78, 5) is 29.8. The highest BCUT2D eigenvalue weighted by atomic mass is 19.1. The number of hydrogen-bond acceptors (Lipinski definition) is 4. The van der Waals surface area contributed by atoms with Crippen molar-refractivity contribution in [3.8, 4) is 5.75 Å². The van der Waals surface area contributed by atoms with Gasteiger partial charge in [-0.15, -0.1) is 0 Å². The van der Waals surface area contributed by atoms with E-state index in [1.54, 1.807) is 35.0 Å². The van der Waals surface area contributed by atoms with Crippen molar-refractivity contribution in [2.24, 2.45) is 0 Å². The minimum absolute atomic E-state index is 0.0271. The van der Waals surface area contributed by atoms with Crippen LogP contribution in [0.5, 0.6) is 5.75 Å². The number of amides is 2. The van der Waals surface area contributed by atoms with Crippen LogP contribution >= 0.6 is 0 Å². The lowest BCUT2D eigenvalue weighted by atomic mass is 9.94. The molecule has 0 radical (unpaired) electrons. The first-order valence-corrected chi connectivity index (χ1v) is 11.3. The summed E-state index contributed by atoms with van der Waals surface area (Å²) >= 11 is 0. The van der Waals surface area contributed by atoms with Crippen molar-refractivity contribution in [1.82, 2.24) is 9.80 Å². The van der Waals surface area contributed by atoms with E-state index in [4.69, 9.17) is 9.47 Å². The van der Waals surface area contributed by atoms with Crippen LogP contribution in [0.4, 0.5) is 9.18 Å². The Morgan fingerprint density at radius 1 is 1.12 bits per heavy atom. The average Bonchev–Trinajstić information content (AvgIpc) is 3.29. The smallest absolute Gasteiger partial charge is 0.411 e. The molecule has 2 fully saturated rings. The maximum Gasteiger partial charge on any atom is 0.411 e. The molecule has 2 aliphatic rings. The van der Waals surface area contributed by atoms with E-state index in [1.165, 1.54) is 6.07 Å². The van der Waals surface area contributed by atoms with Gasteiger partial charge in [0.15, 0.2) is 0 Å². The summed E-state index contributed by atoms with van der Waals surface area (Å²) in [6.45, 7) is 6.23. The van der Waals surface area contributed by atoms with E-state index in [-0.39, 0.29) is 24.4 Å².